The van der Waals surface area contributed by atoms with E-state index in [-0.39, 0.29) is 28.5 Å². The largest absolute Gasteiger partial charge is 0.349 e. The number of aromatic nitrogens is 2. The van der Waals surface area contributed by atoms with E-state index in [1.54, 1.807) is 6.20 Å². The number of hydrogen-bond donors (Lipinski definition) is 1. The van der Waals surface area contributed by atoms with E-state index in [9.17, 15) is 9.59 Å². The van der Waals surface area contributed by atoms with Gasteiger partial charge in [-0.3, -0.25) is 9.59 Å². The van der Waals surface area contributed by atoms with Crippen molar-refractivity contribution in [1.29, 1.82) is 0 Å². The van der Waals surface area contributed by atoms with E-state index in [1.807, 2.05) is 0 Å². The number of carbonyl (C=O) groups is 1. The van der Waals surface area contributed by atoms with Gasteiger partial charge < -0.3 is 14.8 Å². The average molecular weight is 328 g/mol. The standard InChI is InChI=1S/C18H24N4O2/c23-16(19-13-3-4-13)14-9-22-11-18(7-15(22)20-17(14)24)5-6-21(10-18)8-12-1-2-12/h9,12-13H,1-8,10-11H2,(H,19,23)/t18-/m0/s1. The van der Waals surface area contributed by atoms with Crippen LogP contribution in [0.4, 0.5) is 0 Å². The SMILES string of the molecule is O=C(NC1CC1)c1cn2c(nc1=O)C[C@]1(CCN(CC3CC3)C1)C2. The zero-order valence-corrected chi connectivity index (χ0v) is 14.0. The maximum absolute atomic E-state index is 12.2. The highest BCUT2D eigenvalue weighted by atomic mass is 16.2. The molecule has 6 heteroatoms. The number of nitrogens with zero attached hydrogens (tertiary/aromatic N) is 3. The summed E-state index contributed by atoms with van der Waals surface area (Å²) in [4.78, 5) is 31.3. The van der Waals surface area contributed by atoms with Crippen molar-refractivity contribution in [3.8, 4) is 0 Å². The lowest BCUT2D eigenvalue weighted by Crippen LogP contribution is -2.32. The first-order valence-corrected chi connectivity index (χ1v) is 9.24. The van der Waals surface area contributed by atoms with Gasteiger partial charge in [-0.15, -0.1) is 0 Å². The van der Waals surface area contributed by atoms with Gasteiger partial charge in [0.15, 0.2) is 0 Å². The van der Waals surface area contributed by atoms with Crippen LogP contribution in [0.3, 0.4) is 0 Å². The second-order valence-corrected chi connectivity index (χ2v) is 8.36. The molecule has 6 nitrogen and oxygen atoms in total. The van der Waals surface area contributed by atoms with E-state index in [4.69, 9.17) is 0 Å². The molecule has 0 radical (unpaired) electrons. The van der Waals surface area contributed by atoms with Crippen LogP contribution in [0.15, 0.2) is 11.0 Å². The molecule has 1 spiro atoms. The summed E-state index contributed by atoms with van der Waals surface area (Å²) >= 11 is 0. The Hall–Kier alpha value is -1.69. The Morgan fingerprint density at radius 1 is 1.29 bits per heavy atom. The molecule has 2 aliphatic heterocycles. The van der Waals surface area contributed by atoms with Gasteiger partial charge in [0.1, 0.15) is 11.4 Å². The smallest absolute Gasteiger partial charge is 0.285 e. The van der Waals surface area contributed by atoms with Gasteiger partial charge in [-0.25, -0.2) is 0 Å². The summed E-state index contributed by atoms with van der Waals surface area (Å²) < 4.78 is 2.06. The Bertz CT molecular complexity index is 750. The van der Waals surface area contributed by atoms with Crippen LogP contribution in [-0.4, -0.2) is 46.0 Å². The average Bonchev–Trinajstić information content (AvgIpc) is 3.45. The van der Waals surface area contributed by atoms with Crippen molar-refractivity contribution in [3.05, 3.63) is 27.9 Å². The molecular formula is C18H24N4O2. The third-order valence-electron chi connectivity index (χ3n) is 6.00. The lowest BCUT2D eigenvalue weighted by Gasteiger charge is -2.22. The summed E-state index contributed by atoms with van der Waals surface area (Å²) in [6.07, 6.45) is 8.60. The van der Waals surface area contributed by atoms with Crippen LogP contribution in [0.1, 0.15) is 48.3 Å². The fraction of sp³-hybridized carbons (Fsp3) is 0.722. The summed E-state index contributed by atoms with van der Waals surface area (Å²) in [5.74, 6) is 1.52. The molecule has 1 aromatic rings. The van der Waals surface area contributed by atoms with Crippen molar-refractivity contribution >= 4 is 5.91 Å². The van der Waals surface area contributed by atoms with E-state index in [1.165, 1.54) is 25.8 Å². The molecule has 1 atom stereocenters. The normalized spacial score (nSPS) is 29.2. The minimum absolute atomic E-state index is 0.204. The van der Waals surface area contributed by atoms with Gasteiger partial charge in [-0.1, -0.05) is 0 Å². The topological polar surface area (TPSA) is 67.2 Å². The Labute approximate surface area is 141 Å². The van der Waals surface area contributed by atoms with Gasteiger partial charge in [-0.05, 0) is 44.6 Å². The molecule has 0 bridgehead atoms. The molecule has 4 aliphatic rings. The quantitative estimate of drug-likeness (QED) is 0.887. The van der Waals surface area contributed by atoms with E-state index in [0.717, 1.165) is 50.6 Å². The molecule has 24 heavy (non-hydrogen) atoms. The highest BCUT2D eigenvalue weighted by Crippen LogP contribution is 2.41. The molecule has 0 aromatic carbocycles. The number of amides is 1. The second-order valence-electron chi connectivity index (χ2n) is 8.36. The first-order valence-electron chi connectivity index (χ1n) is 9.24. The predicted molar refractivity (Wildman–Crippen MR) is 88.9 cm³/mol. The minimum atomic E-state index is -0.371. The fourth-order valence-corrected chi connectivity index (χ4v) is 4.33. The van der Waals surface area contributed by atoms with Gasteiger partial charge in [-0.2, -0.15) is 4.98 Å². The number of fused-ring (bicyclic) bond motifs is 1. The Morgan fingerprint density at radius 2 is 2.12 bits per heavy atom. The Morgan fingerprint density at radius 3 is 2.88 bits per heavy atom. The van der Waals surface area contributed by atoms with Crippen molar-refractivity contribution in [3.63, 3.8) is 0 Å². The van der Waals surface area contributed by atoms with Crippen LogP contribution in [0.5, 0.6) is 0 Å². The van der Waals surface area contributed by atoms with Crippen molar-refractivity contribution in [2.75, 3.05) is 19.6 Å². The van der Waals surface area contributed by atoms with Crippen LogP contribution in [-0.2, 0) is 13.0 Å². The molecule has 3 fully saturated rings. The summed E-state index contributed by atoms with van der Waals surface area (Å²) in [5, 5.41) is 2.90. The molecule has 2 saturated carbocycles. The molecule has 5 rings (SSSR count). The molecule has 1 aromatic heterocycles. The molecular weight excluding hydrogens is 304 g/mol. The molecule has 1 N–H and O–H groups in total. The Kier molecular flexibility index (Phi) is 3.14. The fourth-order valence-electron chi connectivity index (χ4n) is 4.33. The molecule has 1 saturated heterocycles. The molecule has 1 amide bonds. The monoisotopic (exact) mass is 328 g/mol. The van der Waals surface area contributed by atoms with E-state index in [0.29, 0.717) is 0 Å². The third kappa shape index (κ3) is 2.66. The maximum atomic E-state index is 12.2. The number of likely N-dealkylation sites (tertiary alicyclic amines) is 1. The van der Waals surface area contributed by atoms with Crippen molar-refractivity contribution in [2.24, 2.45) is 11.3 Å². The van der Waals surface area contributed by atoms with Crippen molar-refractivity contribution < 1.29 is 4.79 Å². The summed E-state index contributed by atoms with van der Waals surface area (Å²) in [5.41, 5.74) is 0.0484. The van der Waals surface area contributed by atoms with E-state index >= 15 is 0 Å². The molecule has 0 unspecified atom stereocenters. The van der Waals surface area contributed by atoms with E-state index in [2.05, 4.69) is 19.8 Å². The molecule has 2 aliphatic carbocycles. The van der Waals surface area contributed by atoms with Gasteiger partial charge in [0.05, 0.1) is 0 Å². The molecule has 3 heterocycles. The van der Waals surface area contributed by atoms with Crippen LogP contribution < -0.4 is 10.9 Å². The predicted octanol–water partition coefficient (Wildman–Crippen LogP) is 0.794. The lowest BCUT2D eigenvalue weighted by atomic mass is 9.86. The number of rotatable bonds is 4. The van der Waals surface area contributed by atoms with Gasteiger partial charge in [0, 0.05) is 43.7 Å². The van der Waals surface area contributed by atoms with Gasteiger partial charge in [0.2, 0.25) is 0 Å². The van der Waals surface area contributed by atoms with Crippen LogP contribution in [0.2, 0.25) is 0 Å². The maximum Gasteiger partial charge on any atom is 0.285 e. The van der Waals surface area contributed by atoms with Crippen LogP contribution in [0, 0.1) is 11.3 Å². The van der Waals surface area contributed by atoms with Crippen molar-refractivity contribution in [1.82, 2.24) is 19.8 Å². The summed E-state index contributed by atoms with van der Waals surface area (Å²) in [6.45, 7) is 4.38. The zero-order valence-electron chi connectivity index (χ0n) is 14.0. The van der Waals surface area contributed by atoms with Crippen LogP contribution >= 0.6 is 0 Å². The zero-order chi connectivity index (χ0) is 16.3. The second kappa shape index (κ2) is 5.15. The minimum Gasteiger partial charge on any atom is -0.349 e. The van der Waals surface area contributed by atoms with Crippen LogP contribution in [0.25, 0.3) is 0 Å². The number of nitrogens with one attached hydrogen (secondary N) is 1. The summed E-state index contributed by atoms with van der Waals surface area (Å²) in [7, 11) is 0. The first kappa shape index (κ1) is 14.6. The molecule has 128 valence electrons. The van der Waals surface area contributed by atoms with Gasteiger partial charge in [0.25, 0.3) is 11.5 Å². The van der Waals surface area contributed by atoms with E-state index < -0.39 is 0 Å². The third-order valence-corrected chi connectivity index (χ3v) is 6.00. The van der Waals surface area contributed by atoms with Gasteiger partial charge >= 0.3 is 0 Å². The summed E-state index contributed by atoms with van der Waals surface area (Å²) in [6, 6.07) is 0.257. The highest BCUT2D eigenvalue weighted by molar-refractivity contribution is 5.93. The number of hydrogen-bond acceptors (Lipinski definition) is 4. The van der Waals surface area contributed by atoms with Crippen molar-refractivity contribution in [2.45, 2.75) is 51.1 Å². The first-order chi connectivity index (χ1) is 11.6. The Balaban J connectivity index is 1.34. The lowest BCUT2D eigenvalue weighted by molar-refractivity contribution is 0.0948. The highest BCUT2D eigenvalue weighted by Gasteiger charge is 2.44. The number of carbonyl (C=O) groups excluding carboxylic acids is 1.